The van der Waals surface area contributed by atoms with E-state index < -0.39 is 15.9 Å². The number of hydrogen-bond acceptors (Lipinski definition) is 6. The number of quaternary nitrogens is 1. The van der Waals surface area contributed by atoms with Crippen molar-refractivity contribution in [2.24, 2.45) is 23.2 Å². The first kappa shape index (κ1) is 28.0. The molecular formula is C28H39ClN3O4S2+. The van der Waals surface area contributed by atoms with E-state index in [0.29, 0.717) is 10.0 Å². The molecule has 38 heavy (non-hydrogen) atoms. The number of thiazole rings is 1. The minimum absolute atomic E-state index is 0.0145. The largest absolute Gasteiger partial charge is 0.392 e. The molecule has 10 heteroatoms. The highest BCUT2D eigenvalue weighted by molar-refractivity contribution is 7.90. The van der Waals surface area contributed by atoms with Gasteiger partial charge in [0, 0.05) is 21.7 Å². The molecule has 2 N–H and O–H groups in total. The van der Waals surface area contributed by atoms with E-state index in [1.54, 1.807) is 12.1 Å². The van der Waals surface area contributed by atoms with Crippen molar-refractivity contribution in [1.29, 1.82) is 0 Å². The molecule has 0 radical (unpaired) electrons. The Balaban J connectivity index is 1.34. The Labute approximate surface area is 235 Å². The van der Waals surface area contributed by atoms with Gasteiger partial charge in [-0.05, 0) is 60.8 Å². The number of aromatic nitrogens is 1. The van der Waals surface area contributed by atoms with Gasteiger partial charge in [-0.2, -0.15) is 0 Å². The molecule has 1 aliphatic heterocycles. The second-order valence-corrected chi connectivity index (χ2v) is 15.6. The summed E-state index contributed by atoms with van der Waals surface area (Å²) >= 11 is 7.43. The van der Waals surface area contributed by atoms with Gasteiger partial charge in [0.05, 0.1) is 49.9 Å². The lowest BCUT2D eigenvalue weighted by Gasteiger charge is -2.53. The molecule has 0 bridgehead atoms. The van der Waals surface area contributed by atoms with E-state index in [1.807, 2.05) is 11.8 Å². The Morgan fingerprint density at radius 1 is 1.29 bits per heavy atom. The smallest absolute Gasteiger partial charge is 0.226 e. The molecule has 6 atom stereocenters. The van der Waals surface area contributed by atoms with Crippen LogP contribution in [0.3, 0.4) is 0 Å². The first-order valence-electron chi connectivity index (χ1n) is 13.6. The summed E-state index contributed by atoms with van der Waals surface area (Å²) in [6.45, 7) is 9.83. The van der Waals surface area contributed by atoms with Gasteiger partial charge in [-0.15, -0.1) is 11.3 Å². The summed E-state index contributed by atoms with van der Waals surface area (Å²) in [5, 5.41) is 12.8. The van der Waals surface area contributed by atoms with Gasteiger partial charge in [-0.25, -0.2) is 13.4 Å². The monoisotopic (exact) mass is 580 g/mol. The van der Waals surface area contributed by atoms with Crippen molar-refractivity contribution < 1.29 is 23.2 Å². The molecule has 2 aliphatic carbocycles. The molecule has 1 aromatic heterocycles. The third-order valence-electron chi connectivity index (χ3n) is 9.41. The normalized spacial score (nSPS) is 30.9. The van der Waals surface area contributed by atoms with Gasteiger partial charge < -0.3 is 14.9 Å². The standard InChI is InChI=1S/C28H38ClN3O4S2/c1-17(27(34)32-13-11-31(4)12-14-32)21-9-10-28(3)15-22-25(18(2)24(28)26(21)33)30-23(37-22)16-38(35,36)20-7-5-19(29)6-8-20/h5-8,17-18,21,24,26,33H,9-16H2,1-4H3/p+1/t17-,18-,21+,24+,26-,28-/m0/s1. The average molecular weight is 581 g/mol. The van der Waals surface area contributed by atoms with E-state index in [1.165, 1.54) is 28.4 Å². The molecular weight excluding hydrogens is 542 g/mol. The van der Waals surface area contributed by atoms with Crippen LogP contribution in [0.5, 0.6) is 0 Å². The highest BCUT2D eigenvalue weighted by Crippen LogP contribution is 2.57. The summed E-state index contributed by atoms with van der Waals surface area (Å²) in [4.78, 5) is 23.0. The van der Waals surface area contributed by atoms with E-state index in [-0.39, 0.29) is 45.6 Å². The molecule has 2 heterocycles. The van der Waals surface area contributed by atoms with E-state index in [0.717, 1.165) is 56.0 Å². The van der Waals surface area contributed by atoms with Crippen LogP contribution in [0, 0.1) is 23.2 Å². The highest BCUT2D eigenvalue weighted by Gasteiger charge is 2.54. The minimum atomic E-state index is -3.55. The van der Waals surface area contributed by atoms with Crippen LogP contribution in [0.15, 0.2) is 29.2 Å². The van der Waals surface area contributed by atoms with E-state index >= 15 is 0 Å². The molecule has 7 nitrogen and oxygen atoms in total. The summed E-state index contributed by atoms with van der Waals surface area (Å²) < 4.78 is 26.1. The number of likely N-dealkylation sites (N-methyl/N-ethyl adjacent to an activating group) is 1. The second-order valence-electron chi connectivity index (χ2n) is 12.0. The molecule has 2 fully saturated rings. The van der Waals surface area contributed by atoms with Crippen molar-refractivity contribution in [2.75, 3.05) is 33.2 Å². The average Bonchev–Trinajstić information content (AvgIpc) is 3.25. The highest BCUT2D eigenvalue weighted by atomic mass is 35.5. The number of fused-ring (bicyclic) bond motifs is 2. The first-order chi connectivity index (χ1) is 17.9. The molecule has 1 saturated heterocycles. The number of sulfone groups is 1. The lowest BCUT2D eigenvalue weighted by molar-refractivity contribution is -0.883. The molecule has 208 valence electrons. The lowest BCUT2D eigenvalue weighted by atomic mass is 9.53. The number of halogens is 1. The van der Waals surface area contributed by atoms with E-state index in [9.17, 15) is 18.3 Å². The number of nitrogens with one attached hydrogen (secondary N) is 1. The van der Waals surface area contributed by atoms with Gasteiger partial charge in [0.15, 0.2) is 9.84 Å². The van der Waals surface area contributed by atoms with Crippen LogP contribution in [0.2, 0.25) is 5.02 Å². The van der Waals surface area contributed by atoms with Gasteiger partial charge >= 0.3 is 0 Å². The third kappa shape index (κ3) is 5.17. The van der Waals surface area contributed by atoms with Crippen molar-refractivity contribution >= 4 is 38.7 Å². The van der Waals surface area contributed by atoms with Crippen LogP contribution in [0.25, 0.3) is 0 Å². The summed E-state index contributed by atoms with van der Waals surface area (Å²) in [6.07, 6.45) is 1.93. The fourth-order valence-electron chi connectivity index (χ4n) is 7.13. The third-order valence-corrected chi connectivity index (χ3v) is 12.6. The van der Waals surface area contributed by atoms with Gasteiger partial charge in [0.1, 0.15) is 10.8 Å². The maximum absolute atomic E-state index is 13.4. The lowest BCUT2D eigenvalue weighted by Crippen LogP contribution is -3.12. The number of rotatable bonds is 5. The number of nitrogens with zero attached hydrogens (tertiary/aromatic N) is 2. The Hall–Kier alpha value is -1.52. The Bertz CT molecular complexity index is 1290. The number of hydrogen-bond donors (Lipinski definition) is 2. The van der Waals surface area contributed by atoms with Crippen molar-refractivity contribution in [2.45, 2.75) is 62.7 Å². The molecule has 0 unspecified atom stereocenters. The van der Waals surface area contributed by atoms with E-state index in [2.05, 4.69) is 20.9 Å². The maximum atomic E-state index is 13.4. The molecule has 5 rings (SSSR count). The fourth-order valence-corrected chi connectivity index (χ4v) is 10.2. The van der Waals surface area contributed by atoms with Crippen LogP contribution >= 0.6 is 22.9 Å². The Kier molecular flexibility index (Phi) is 7.72. The maximum Gasteiger partial charge on any atom is 0.226 e. The number of carbonyl (C=O) groups excluding carboxylic acids is 1. The number of benzene rings is 1. The topological polar surface area (TPSA) is 92.0 Å². The summed E-state index contributed by atoms with van der Waals surface area (Å²) in [5.74, 6) is -0.332. The second kappa shape index (κ2) is 10.5. The van der Waals surface area contributed by atoms with Gasteiger partial charge in [0.2, 0.25) is 5.91 Å². The van der Waals surface area contributed by atoms with Gasteiger partial charge in [0.25, 0.3) is 0 Å². The van der Waals surface area contributed by atoms with Crippen molar-refractivity contribution in [3.63, 3.8) is 0 Å². The summed E-state index contributed by atoms with van der Waals surface area (Å²) in [7, 11) is -1.39. The molecule has 1 aromatic carbocycles. The van der Waals surface area contributed by atoms with Crippen LogP contribution < -0.4 is 4.90 Å². The van der Waals surface area contributed by atoms with Crippen LogP contribution in [0.1, 0.15) is 55.1 Å². The van der Waals surface area contributed by atoms with Crippen molar-refractivity contribution in [1.82, 2.24) is 9.88 Å². The number of aliphatic hydroxyl groups is 1. The van der Waals surface area contributed by atoms with Gasteiger partial charge in [-0.1, -0.05) is 32.4 Å². The van der Waals surface area contributed by atoms with Crippen LogP contribution in [0.4, 0.5) is 0 Å². The summed E-state index contributed by atoms with van der Waals surface area (Å²) in [5.41, 5.74) is 0.806. The van der Waals surface area contributed by atoms with Crippen LogP contribution in [-0.2, 0) is 26.8 Å². The number of aliphatic hydroxyl groups excluding tert-OH is 1. The molecule has 1 saturated carbocycles. The Morgan fingerprint density at radius 3 is 2.61 bits per heavy atom. The van der Waals surface area contributed by atoms with Crippen molar-refractivity contribution in [3.05, 3.63) is 44.9 Å². The zero-order valence-corrected chi connectivity index (χ0v) is 25.0. The quantitative estimate of drug-likeness (QED) is 0.567. The predicted molar refractivity (Wildman–Crippen MR) is 149 cm³/mol. The zero-order chi connectivity index (χ0) is 27.4. The van der Waals surface area contributed by atoms with Gasteiger partial charge in [-0.3, -0.25) is 4.79 Å². The number of piperazine rings is 1. The molecule has 3 aliphatic rings. The number of amides is 1. The fraction of sp³-hybridized carbons (Fsp3) is 0.643. The Morgan fingerprint density at radius 2 is 1.95 bits per heavy atom. The molecule has 2 aromatic rings. The number of carbonyl (C=O) groups is 1. The predicted octanol–water partition coefficient (Wildman–Crippen LogP) is 2.82. The van der Waals surface area contributed by atoms with Crippen LogP contribution in [-0.4, -0.2) is 68.6 Å². The molecule has 1 amide bonds. The van der Waals surface area contributed by atoms with E-state index in [4.69, 9.17) is 16.6 Å². The SMILES string of the molecule is C[C@H](C(=O)N1CC[NH+](C)CC1)[C@H]1CC[C@@]2(C)Cc3sc(CS(=O)(=O)c4ccc(Cl)cc4)nc3[C@@H](C)[C@@H]2[C@H]1O. The minimum Gasteiger partial charge on any atom is -0.392 e. The molecule has 0 spiro atoms. The van der Waals surface area contributed by atoms with Crippen molar-refractivity contribution in [3.8, 4) is 0 Å². The summed E-state index contributed by atoms with van der Waals surface area (Å²) in [6, 6.07) is 6.24. The first-order valence-corrected chi connectivity index (χ1v) is 16.5. The zero-order valence-electron chi connectivity index (χ0n) is 22.6.